The van der Waals surface area contributed by atoms with E-state index in [9.17, 15) is 9.59 Å². The maximum Gasteiger partial charge on any atom is 0.408 e. The molecule has 1 N–H and O–H groups in total. The third kappa shape index (κ3) is 4.99. The summed E-state index contributed by atoms with van der Waals surface area (Å²) in [5.74, 6) is 1.67. The van der Waals surface area contributed by atoms with E-state index in [-0.39, 0.29) is 11.2 Å². The Morgan fingerprint density at radius 2 is 1.61 bits per heavy atom. The van der Waals surface area contributed by atoms with E-state index in [1.165, 1.54) is 13.2 Å². The Morgan fingerprint density at radius 1 is 0.939 bits per heavy atom. The van der Waals surface area contributed by atoms with Gasteiger partial charge in [0.25, 0.3) is 0 Å². The van der Waals surface area contributed by atoms with Gasteiger partial charge in [-0.2, -0.15) is 0 Å². The fourth-order valence-corrected chi connectivity index (χ4v) is 4.07. The molecule has 0 spiro atoms. The van der Waals surface area contributed by atoms with Crippen LogP contribution in [0.2, 0.25) is 0 Å². The third-order valence-corrected chi connectivity index (χ3v) is 5.41. The molecule has 0 bridgehead atoms. The van der Waals surface area contributed by atoms with Gasteiger partial charge in [-0.05, 0) is 68.5 Å². The number of hydrogen-bond donors (Lipinski definition) is 1. The molecule has 0 heterocycles. The van der Waals surface area contributed by atoms with Crippen molar-refractivity contribution in [1.29, 1.82) is 0 Å². The Hall–Kier alpha value is -3.42. The van der Waals surface area contributed by atoms with Gasteiger partial charge < -0.3 is 29.0 Å². The molecule has 0 radical (unpaired) electrons. The minimum Gasteiger partial charge on any atom is -0.493 e. The second-order valence-corrected chi connectivity index (χ2v) is 8.70. The number of fused-ring (bicyclic) bond motifs is 3. The van der Waals surface area contributed by atoms with Gasteiger partial charge in [0.15, 0.2) is 17.2 Å². The first kappa shape index (κ1) is 24.2. The van der Waals surface area contributed by atoms with Crippen molar-refractivity contribution in [2.75, 3.05) is 28.4 Å². The topological polar surface area (TPSA) is 92.3 Å². The molecule has 33 heavy (non-hydrogen) atoms. The van der Waals surface area contributed by atoms with Gasteiger partial charge in [0.2, 0.25) is 11.2 Å². The van der Waals surface area contributed by atoms with Crippen LogP contribution in [0.3, 0.4) is 0 Å². The molecule has 2 aromatic rings. The highest BCUT2D eigenvalue weighted by Gasteiger charge is 2.30. The SMILES string of the molecule is COc1cc2c(c(OC)c1OC)-c1ccc(OC)c(=O)cc1C(NC(=O)OC(C)(C)C)CC2. The van der Waals surface area contributed by atoms with Crippen LogP contribution in [-0.2, 0) is 11.2 Å². The van der Waals surface area contributed by atoms with E-state index in [0.717, 1.165) is 16.7 Å². The van der Waals surface area contributed by atoms with E-state index in [1.54, 1.807) is 54.2 Å². The molecule has 1 unspecified atom stereocenters. The Bertz CT molecular complexity index is 1110. The van der Waals surface area contributed by atoms with Crippen LogP contribution in [0.5, 0.6) is 23.0 Å². The predicted molar refractivity (Wildman–Crippen MR) is 125 cm³/mol. The van der Waals surface area contributed by atoms with Crippen molar-refractivity contribution in [1.82, 2.24) is 5.32 Å². The molecule has 1 amide bonds. The lowest BCUT2D eigenvalue weighted by molar-refractivity contribution is 0.0501. The molecule has 1 atom stereocenters. The average molecular weight is 458 g/mol. The van der Waals surface area contributed by atoms with Crippen LogP contribution in [0.15, 0.2) is 29.1 Å². The van der Waals surface area contributed by atoms with Crippen LogP contribution in [0.4, 0.5) is 4.79 Å². The van der Waals surface area contributed by atoms with Crippen LogP contribution < -0.4 is 29.7 Å². The molecule has 1 aliphatic rings. The van der Waals surface area contributed by atoms with Gasteiger partial charge in [0, 0.05) is 5.56 Å². The summed E-state index contributed by atoms with van der Waals surface area (Å²) in [5.41, 5.74) is 2.13. The smallest absolute Gasteiger partial charge is 0.408 e. The summed E-state index contributed by atoms with van der Waals surface area (Å²) in [6, 6.07) is 6.35. The van der Waals surface area contributed by atoms with Crippen molar-refractivity contribution in [3.8, 4) is 34.1 Å². The number of carbonyl (C=O) groups is 1. The number of rotatable bonds is 5. The molecule has 2 aromatic carbocycles. The quantitative estimate of drug-likeness (QED) is 0.717. The fourth-order valence-electron chi connectivity index (χ4n) is 4.07. The second-order valence-electron chi connectivity index (χ2n) is 8.70. The molecule has 0 saturated heterocycles. The molecule has 3 rings (SSSR count). The van der Waals surface area contributed by atoms with E-state index in [0.29, 0.717) is 35.7 Å². The van der Waals surface area contributed by atoms with E-state index in [2.05, 4.69) is 5.32 Å². The highest BCUT2D eigenvalue weighted by atomic mass is 16.6. The number of amides is 1. The molecule has 8 nitrogen and oxygen atoms in total. The van der Waals surface area contributed by atoms with Gasteiger partial charge in [-0.1, -0.05) is 6.07 Å². The number of benzene rings is 1. The van der Waals surface area contributed by atoms with Gasteiger partial charge >= 0.3 is 6.09 Å². The Balaban J connectivity index is 2.28. The molecule has 0 aliphatic heterocycles. The van der Waals surface area contributed by atoms with Crippen LogP contribution in [0.25, 0.3) is 11.1 Å². The number of aryl methyl sites for hydroxylation is 1. The van der Waals surface area contributed by atoms with Crippen molar-refractivity contribution >= 4 is 6.09 Å². The maximum atomic E-state index is 12.8. The molecular weight excluding hydrogens is 426 g/mol. The Morgan fingerprint density at radius 3 is 2.18 bits per heavy atom. The van der Waals surface area contributed by atoms with Crippen LogP contribution in [0, 0.1) is 0 Å². The van der Waals surface area contributed by atoms with Gasteiger partial charge in [0.1, 0.15) is 5.60 Å². The first-order valence-corrected chi connectivity index (χ1v) is 10.7. The standard InChI is InChI=1S/C25H31NO7/c1-25(2,3)33-24(28)26-17-10-8-14-12-20(30-5)22(31-6)23(32-7)21(14)15-9-11-19(29-4)18(27)13-16(15)17/h9,11-13,17H,8,10H2,1-7H3,(H,26,28). The monoisotopic (exact) mass is 457 g/mol. The zero-order valence-electron chi connectivity index (χ0n) is 20.2. The Labute approximate surface area is 193 Å². The largest absolute Gasteiger partial charge is 0.493 e. The zero-order chi connectivity index (χ0) is 24.3. The molecule has 1 aliphatic carbocycles. The highest BCUT2D eigenvalue weighted by molar-refractivity contribution is 5.83. The van der Waals surface area contributed by atoms with E-state index in [1.807, 2.05) is 6.07 Å². The lowest BCUT2D eigenvalue weighted by atomic mass is 9.95. The summed E-state index contributed by atoms with van der Waals surface area (Å²) in [5, 5.41) is 2.94. The van der Waals surface area contributed by atoms with Crippen molar-refractivity contribution < 1.29 is 28.5 Å². The zero-order valence-corrected chi connectivity index (χ0v) is 20.2. The normalized spacial score (nSPS) is 14.8. The number of ether oxygens (including phenoxy) is 5. The summed E-state index contributed by atoms with van der Waals surface area (Å²) in [7, 11) is 6.11. The third-order valence-electron chi connectivity index (χ3n) is 5.41. The van der Waals surface area contributed by atoms with Crippen molar-refractivity contribution in [2.24, 2.45) is 0 Å². The van der Waals surface area contributed by atoms with Gasteiger partial charge in [0.05, 0.1) is 34.5 Å². The number of hydrogen-bond acceptors (Lipinski definition) is 7. The van der Waals surface area contributed by atoms with Gasteiger partial charge in [-0.3, -0.25) is 4.79 Å². The molecule has 0 fully saturated rings. The summed E-state index contributed by atoms with van der Waals surface area (Å²) in [4.78, 5) is 25.5. The van der Waals surface area contributed by atoms with Crippen molar-refractivity contribution in [2.45, 2.75) is 45.3 Å². The van der Waals surface area contributed by atoms with Gasteiger partial charge in [-0.25, -0.2) is 4.79 Å². The van der Waals surface area contributed by atoms with Crippen LogP contribution in [0.1, 0.15) is 44.4 Å². The lowest BCUT2D eigenvalue weighted by Crippen LogP contribution is -2.35. The summed E-state index contributed by atoms with van der Waals surface area (Å²) >= 11 is 0. The molecule has 0 aromatic heterocycles. The maximum absolute atomic E-state index is 12.8. The predicted octanol–water partition coefficient (Wildman–Crippen LogP) is 4.26. The molecule has 8 heteroatoms. The van der Waals surface area contributed by atoms with E-state index >= 15 is 0 Å². The number of carbonyl (C=O) groups excluding carboxylic acids is 1. The van der Waals surface area contributed by atoms with Crippen molar-refractivity contribution in [3.05, 3.63) is 45.6 Å². The van der Waals surface area contributed by atoms with Crippen LogP contribution in [-0.4, -0.2) is 40.1 Å². The number of methoxy groups -OCH3 is 4. The fraction of sp³-hybridized carbons (Fsp3) is 0.440. The van der Waals surface area contributed by atoms with Crippen LogP contribution >= 0.6 is 0 Å². The number of alkyl carbamates (subject to hydrolysis) is 1. The molecule has 178 valence electrons. The highest BCUT2D eigenvalue weighted by Crippen LogP contribution is 2.50. The molecule has 0 saturated carbocycles. The first-order valence-electron chi connectivity index (χ1n) is 10.7. The minimum atomic E-state index is -0.654. The van der Waals surface area contributed by atoms with Crippen molar-refractivity contribution in [3.63, 3.8) is 0 Å². The van der Waals surface area contributed by atoms with E-state index < -0.39 is 17.7 Å². The Kier molecular flexibility index (Phi) is 7.05. The summed E-state index contributed by atoms with van der Waals surface area (Å²) in [6.45, 7) is 5.40. The van der Waals surface area contributed by atoms with E-state index in [4.69, 9.17) is 23.7 Å². The summed E-state index contributed by atoms with van der Waals surface area (Å²) < 4.78 is 27.6. The first-order chi connectivity index (χ1) is 15.6. The molecular formula is C25H31NO7. The summed E-state index contributed by atoms with van der Waals surface area (Å²) in [6.07, 6.45) is 0.567. The average Bonchev–Trinajstić information content (AvgIpc) is 2.99. The lowest BCUT2D eigenvalue weighted by Gasteiger charge is -2.23. The second kappa shape index (κ2) is 9.60. The minimum absolute atomic E-state index is 0.195. The van der Waals surface area contributed by atoms with Gasteiger partial charge in [-0.15, -0.1) is 0 Å². The number of nitrogens with one attached hydrogen (secondary N) is 1.